The lowest BCUT2D eigenvalue weighted by molar-refractivity contribution is -0.116. The van der Waals surface area contributed by atoms with Gasteiger partial charge in [-0.3, -0.25) is 9.69 Å². The smallest absolute Gasteiger partial charge is 0.321 e. The van der Waals surface area contributed by atoms with Crippen molar-refractivity contribution < 1.29 is 9.59 Å². The van der Waals surface area contributed by atoms with E-state index < -0.39 is 0 Å². The number of hydrogen-bond acceptors (Lipinski definition) is 3. The van der Waals surface area contributed by atoms with Crippen LogP contribution in [0.4, 0.5) is 16.2 Å². The van der Waals surface area contributed by atoms with E-state index in [1.807, 2.05) is 59.2 Å². The van der Waals surface area contributed by atoms with Crippen LogP contribution in [0.1, 0.15) is 18.4 Å². The molecule has 2 aromatic carbocycles. The molecule has 28 heavy (non-hydrogen) atoms. The molecular weight excluding hydrogens is 438 g/mol. The van der Waals surface area contributed by atoms with Crippen molar-refractivity contribution in [3.8, 4) is 0 Å². The maximum absolute atomic E-state index is 12.7. The highest BCUT2D eigenvalue weighted by atomic mass is 79.9. The van der Waals surface area contributed by atoms with Crippen molar-refractivity contribution in [2.24, 2.45) is 0 Å². The molecule has 1 spiro atoms. The van der Waals surface area contributed by atoms with Gasteiger partial charge in [-0.15, -0.1) is 11.8 Å². The Morgan fingerprint density at radius 1 is 1.14 bits per heavy atom. The predicted molar refractivity (Wildman–Crippen MR) is 118 cm³/mol. The van der Waals surface area contributed by atoms with E-state index in [0.717, 1.165) is 34.3 Å². The van der Waals surface area contributed by atoms with Crippen LogP contribution in [-0.2, 0) is 4.79 Å². The zero-order valence-corrected chi connectivity index (χ0v) is 18.1. The number of rotatable bonds is 2. The Kier molecular flexibility index (Phi) is 5.38. The van der Waals surface area contributed by atoms with Crippen molar-refractivity contribution in [1.82, 2.24) is 4.90 Å². The molecule has 0 aromatic heterocycles. The van der Waals surface area contributed by atoms with Crippen LogP contribution in [0, 0.1) is 6.92 Å². The number of urea groups is 1. The standard InChI is InChI=1S/C21H22BrN3O2S/c1-15-5-4-6-16(13-15)25-19(26)14-28-21(25)9-11-24(12-10-21)20(27)23-18-8-3-2-7-17(18)22/h2-8,13H,9-12,14H2,1H3,(H,23,27). The fourth-order valence-electron chi connectivity index (χ4n) is 3.88. The molecule has 2 aliphatic rings. The molecule has 2 aliphatic heterocycles. The second-order valence-electron chi connectivity index (χ2n) is 7.20. The molecule has 5 nitrogen and oxygen atoms in total. The van der Waals surface area contributed by atoms with Gasteiger partial charge in [0.25, 0.3) is 0 Å². The molecule has 2 heterocycles. The summed E-state index contributed by atoms with van der Waals surface area (Å²) < 4.78 is 0.861. The van der Waals surface area contributed by atoms with Crippen LogP contribution < -0.4 is 10.2 Å². The van der Waals surface area contributed by atoms with E-state index in [2.05, 4.69) is 27.3 Å². The Labute approximate surface area is 177 Å². The van der Waals surface area contributed by atoms with E-state index in [-0.39, 0.29) is 16.8 Å². The first-order valence-corrected chi connectivity index (χ1v) is 11.1. The molecule has 7 heteroatoms. The molecule has 2 saturated heterocycles. The van der Waals surface area contributed by atoms with E-state index in [4.69, 9.17) is 0 Å². The van der Waals surface area contributed by atoms with Crippen molar-refractivity contribution in [2.45, 2.75) is 24.6 Å². The largest absolute Gasteiger partial charge is 0.324 e. The molecule has 0 unspecified atom stereocenters. The topological polar surface area (TPSA) is 52.7 Å². The van der Waals surface area contributed by atoms with E-state index in [0.29, 0.717) is 18.8 Å². The molecule has 0 radical (unpaired) electrons. The summed E-state index contributed by atoms with van der Waals surface area (Å²) in [7, 11) is 0. The quantitative estimate of drug-likeness (QED) is 0.697. The van der Waals surface area contributed by atoms with Gasteiger partial charge in [0.1, 0.15) is 0 Å². The number of carbonyl (C=O) groups excluding carboxylic acids is 2. The van der Waals surface area contributed by atoms with Gasteiger partial charge in [0, 0.05) is 23.2 Å². The molecular formula is C21H22BrN3O2S. The summed E-state index contributed by atoms with van der Waals surface area (Å²) in [6.45, 7) is 3.29. The van der Waals surface area contributed by atoms with Crippen LogP contribution in [-0.4, -0.2) is 40.6 Å². The van der Waals surface area contributed by atoms with Crippen LogP contribution in [0.5, 0.6) is 0 Å². The van der Waals surface area contributed by atoms with Gasteiger partial charge in [-0.2, -0.15) is 0 Å². The van der Waals surface area contributed by atoms with Crippen LogP contribution in [0.15, 0.2) is 53.0 Å². The third-order valence-electron chi connectivity index (χ3n) is 5.33. The summed E-state index contributed by atoms with van der Waals surface area (Å²) in [6.07, 6.45) is 1.53. The van der Waals surface area contributed by atoms with E-state index in [1.165, 1.54) is 0 Å². The summed E-state index contributed by atoms with van der Waals surface area (Å²) in [5.74, 6) is 0.651. The number of benzene rings is 2. The van der Waals surface area contributed by atoms with Crippen LogP contribution >= 0.6 is 27.7 Å². The van der Waals surface area contributed by atoms with Gasteiger partial charge in [-0.1, -0.05) is 24.3 Å². The van der Waals surface area contributed by atoms with E-state index >= 15 is 0 Å². The Morgan fingerprint density at radius 3 is 2.61 bits per heavy atom. The number of nitrogens with one attached hydrogen (secondary N) is 1. The molecule has 0 bridgehead atoms. The first kappa shape index (κ1) is 19.3. The number of piperidine rings is 1. The number of para-hydroxylation sites is 1. The van der Waals surface area contributed by atoms with Crippen LogP contribution in [0.2, 0.25) is 0 Å². The van der Waals surface area contributed by atoms with Crippen LogP contribution in [0.25, 0.3) is 0 Å². The highest BCUT2D eigenvalue weighted by Gasteiger charge is 2.49. The number of likely N-dealkylation sites (tertiary alicyclic amines) is 1. The van der Waals surface area contributed by atoms with E-state index in [1.54, 1.807) is 11.8 Å². The summed E-state index contributed by atoms with van der Waals surface area (Å²) in [4.78, 5) is 28.9. The number of halogens is 1. The third-order valence-corrected chi connectivity index (χ3v) is 7.54. The summed E-state index contributed by atoms with van der Waals surface area (Å²) in [5.41, 5.74) is 2.86. The molecule has 0 atom stereocenters. The Bertz CT molecular complexity index is 912. The van der Waals surface area contributed by atoms with Gasteiger partial charge in [-0.05, 0) is 65.5 Å². The van der Waals surface area contributed by atoms with Crippen molar-refractivity contribution >= 4 is 51.0 Å². The van der Waals surface area contributed by atoms with Gasteiger partial charge in [0.2, 0.25) is 5.91 Å². The minimum atomic E-state index is -0.255. The number of anilines is 2. The second kappa shape index (κ2) is 7.79. The Hall–Kier alpha value is -1.99. The highest BCUT2D eigenvalue weighted by molar-refractivity contribution is 9.10. The number of hydrogen-bond donors (Lipinski definition) is 1. The van der Waals surface area contributed by atoms with Gasteiger partial charge < -0.3 is 10.2 Å². The number of carbonyl (C=O) groups is 2. The zero-order chi connectivity index (χ0) is 19.7. The van der Waals surface area contributed by atoms with Crippen molar-refractivity contribution in [3.63, 3.8) is 0 Å². The zero-order valence-electron chi connectivity index (χ0n) is 15.7. The summed E-state index contributed by atoms with van der Waals surface area (Å²) in [6, 6.07) is 15.6. The molecule has 3 amide bonds. The molecule has 146 valence electrons. The fraction of sp³-hybridized carbons (Fsp3) is 0.333. The first-order valence-electron chi connectivity index (χ1n) is 9.33. The minimum absolute atomic E-state index is 0.0989. The second-order valence-corrected chi connectivity index (χ2v) is 9.39. The molecule has 2 fully saturated rings. The summed E-state index contributed by atoms with van der Waals surface area (Å²) >= 11 is 5.18. The maximum Gasteiger partial charge on any atom is 0.321 e. The Balaban J connectivity index is 1.47. The third kappa shape index (κ3) is 3.65. The lowest BCUT2D eigenvalue weighted by Crippen LogP contribution is -2.53. The lowest BCUT2D eigenvalue weighted by atomic mass is 10.0. The van der Waals surface area contributed by atoms with Crippen molar-refractivity contribution in [2.75, 3.05) is 29.1 Å². The number of aryl methyl sites for hydroxylation is 1. The van der Waals surface area contributed by atoms with Crippen molar-refractivity contribution in [3.05, 3.63) is 58.6 Å². The normalized spacial score (nSPS) is 18.6. The Morgan fingerprint density at radius 2 is 1.89 bits per heavy atom. The predicted octanol–water partition coefficient (Wildman–Crippen LogP) is 4.86. The van der Waals surface area contributed by atoms with E-state index in [9.17, 15) is 9.59 Å². The van der Waals surface area contributed by atoms with Gasteiger partial charge in [0.15, 0.2) is 0 Å². The van der Waals surface area contributed by atoms with Gasteiger partial charge >= 0.3 is 6.03 Å². The highest BCUT2D eigenvalue weighted by Crippen LogP contribution is 2.46. The maximum atomic E-state index is 12.7. The first-order chi connectivity index (χ1) is 13.5. The van der Waals surface area contributed by atoms with Crippen molar-refractivity contribution in [1.29, 1.82) is 0 Å². The SMILES string of the molecule is Cc1cccc(N2C(=O)CSC23CCN(C(=O)Nc2ccccc2Br)CC3)c1. The molecule has 4 rings (SSSR count). The average Bonchev–Trinajstić information content (AvgIpc) is 3.00. The molecule has 0 aliphatic carbocycles. The van der Waals surface area contributed by atoms with Gasteiger partial charge in [-0.25, -0.2) is 4.79 Å². The molecule has 0 saturated carbocycles. The van der Waals surface area contributed by atoms with Gasteiger partial charge in [0.05, 0.1) is 16.3 Å². The monoisotopic (exact) mass is 459 g/mol. The number of nitrogens with zero attached hydrogens (tertiary/aromatic N) is 2. The molecule has 2 aromatic rings. The summed E-state index contributed by atoms with van der Waals surface area (Å²) in [5, 5.41) is 2.97. The van der Waals surface area contributed by atoms with Crippen LogP contribution in [0.3, 0.4) is 0 Å². The lowest BCUT2D eigenvalue weighted by Gasteiger charge is -2.44. The fourth-order valence-corrected chi connectivity index (χ4v) is 5.60. The minimum Gasteiger partial charge on any atom is -0.324 e. The average molecular weight is 460 g/mol. The molecule has 1 N–H and O–H groups in total. The number of thioether (sulfide) groups is 1. The number of amides is 3.